The van der Waals surface area contributed by atoms with Gasteiger partial charge in [0.25, 0.3) is 6.02 Å². The Kier molecular flexibility index (Phi) is 3.95. The number of nitrogens with zero attached hydrogens (tertiary/aromatic N) is 3. The molecule has 6 nitrogen and oxygen atoms in total. The van der Waals surface area contributed by atoms with Gasteiger partial charge in [-0.25, -0.2) is 15.0 Å². The standard InChI is InChI=1S/C22H26N4O2/c1-14-8-21(6-5-19(14)27-2)9-16-4-3-15(17-10-24-13-25-11-17)7-18(16)22(21)12-28-20(23)26-22/h3-4,7,10-11,13-14,19H,5-6,8-9,12H2,1-2H3,(H2,23,26)/t14-,19-,21-,22-/m0/s1. The highest BCUT2D eigenvalue weighted by atomic mass is 16.5. The van der Waals surface area contributed by atoms with Crippen molar-refractivity contribution in [2.45, 2.75) is 44.2 Å². The molecule has 0 saturated heterocycles. The Hall–Kier alpha value is -2.47. The third-order valence-corrected chi connectivity index (χ3v) is 7.14. The summed E-state index contributed by atoms with van der Waals surface area (Å²) in [6, 6.07) is 6.96. The van der Waals surface area contributed by atoms with Gasteiger partial charge in [-0.15, -0.1) is 0 Å². The predicted molar refractivity (Wildman–Crippen MR) is 107 cm³/mol. The van der Waals surface area contributed by atoms with E-state index in [4.69, 9.17) is 20.2 Å². The first-order valence-electron chi connectivity index (χ1n) is 9.97. The van der Waals surface area contributed by atoms with E-state index in [0.717, 1.165) is 36.8 Å². The molecule has 28 heavy (non-hydrogen) atoms. The number of benzene rings is 1. The molecular formula is C22H26N4O2. The summed E-state index contributed by atoms with van der Waals surface area (Å²) in [5, 5.41) is 0. The molecule has 5 rings (SSSR count). The lowest BCUT2D eigenvalue weighted by molar-refractivity contribution is -0.0445. The molecule has 0 amide bonds. The molecular weight excluding hydrogens is 352 g/mol. The topological polar surface area (TPSA) is 82.6 Å². The number of aliphatic imine (C=N–C) groups is 1. The number of rotatable bonds is 2. The average molecular weight is 378 g/mol. The molecule has 0 unspecified atom stereocenters. The summed E-state index contributed by atoms with van der Waals surface area (Å²) in [7, 11) is 1.82. The van der Waals surface area contributed by atoms with E-state index >= 15 is 0 Å². The van der Waals surface area contributed by atoms with E-state index in [1.54, 1.807) is 6.33 Å². The lowest BCUT2D eigenvalue weighted by Gasteiger charge is -2.47. The van der Waals surface area contributed by atoms with Crippen LogP contribution in [0.5, 0.6) is 0 Å². The number of ether oxygens (including phenoxy) is 2. The van der Waals surface area contributed by atoms with Gasteiger partial charge >= 0.3 is 0 Å². The second-order valence-corrected chi connectivity index (χ2v) is 8.55. The van der Waals surface area contributed by atoms with E-state index in [0.29, 0.717) is 24.7 Å². The van der Waals surface area contributed by atoms with E-state index in [1.165, 1.54) is 11.1 Å². The third-order valence-electron chi connectivity index (χ3n) is 7.14. The summed E-state index contributed by atoms with van der Waals surface area (Å²) in [5.74, 6) is 0.476. The van der Waals surface area contributed by atoms with E-state index < -0.39 is 5.54 Å². The number of nitrogens with two attached hydrogens (primary N) is 1. The molecule has 146 valence electrons. The van der Waals surface area contributed by atoms with Gasteiger partial charge in [0.05, 0.1) is 6.10 Å². The highest BCUT2D eigenvalue weighted by Crippen LogP contribution is 2.62. The molecule has 1 saturated carbocycles. The highest BCUT2D eigenvalue weighted by molar-refractivity contribution is 5.75. The van der Waals surface area contributed by atoms with Gasteiger partial charge in [-0.1, -0.05) is 19.1 Å². The van der Waals surface area contributed by atoms with Gasteiger partial charge in [0.15, 0.2) is 0 Å². The fourth-order valence-electron chi connectivity index (χ4n) is 5.82. The zero-order valence-electron chi connectivity index (χ0n) is 16.4. The van der Waals surface area contributed by atoms with Gasteiger partial charge in [0.2, 0.25) is 0 Å². The molecule has 2 heterocycles. The van der Waals surface area contributed by atoms with Crippen molar-refractivity contribution in [1.29, 1.82) is 0 Å². The van der Waals surface area contributed by atoms with Crippen LogP contribution in [0.4, 0.5) is 0 Å². The van der Waals surface area contributed by atoms with Gasteiger partial charge in [0.1, 0.15) is 18.5 Å². The van der Waals surface area contributed by atoms with Crippen molar-refractivity contribution >= 4 is 6.02 Å². The summed E-state index contributed by atoms with van der Waals surface area (Å²) in [6.45, 7) is 2.81. The number of fused-ring (bicyclic) bond motifs is 3. The van der Waals surface area contributed by atoms with Crippen LogP contribution < -0.4 is 5.73 Å². The Labute approximate surface area is 165 Å². The quantitative estimate of drug-likeness (QED) is 0.868. The maximum atomic E-state index is 6.06. The van der Waals surface area contributed by atoms with Crippen molar-refractivity contribution in [2.24, 2.45) is 22.1 Å². The van der Waals surface area contributed by atoms with E-state index in [2.05, 4.69) is 35.1 Å². The maximum Gasteiger partial charge on any atom is 0.283 e. The van der Waals surface area contributed by atoms with Crippen LogP contribution in [0.3, 0.4) is 0 Å². The molecule has 1 aliphatic heterocycles. The predicted octanol–water partition coefficient (Wildman–Crippen LogP) is 3.06. The fraction of sp³-hybridized carbons (Fsp3) is 0.500. The smallest absolute Gasteiger partial charge is 0.283 e. The van der Waals surface area contributed by atoms with Gasteiger partial charge in [-0.2, -0.15) is 0 Å². The van der Waals surface area contributed by atoms with Gasteiger partial charge in [-0.3, -0.25) is 0 Å². The first-order chi connectivity index (χ1) is 13.6. The fourth-order valence-corrected chi connectivity index (χ4v) is 5.82. The monoisotopic (exact) mass is 378 g/mol. The van der Waals surface area contributed by atoms with Crippen molar-refractivity contribution in [3.63, 3.8) is 0 Å². The zero-order chi connectivity index (χ0) is 19.4. The molecule has 0 radical (unpaired) electrons. The summed E-state index contributed by atoms with van der Waals surface area (Å²) in [6.07, 6.45) is 9.74. The second-order valence-electron chi connectivity index (χ2n) is 8.55. The van der Waals surface area contributed by atoms with Crippen molar-refractivity contribution in [2.75, 3.05) is 13.7 Å². The number of hydrogen-bond acceptors (Lipinski definition) is 6. The lowest BCUT2D eigenvalue weighted by Crippen LogP contribution is -2.48. The zero-order valence-corrected chi connectivity index (χ0v) is 16.4. The molecule has 6 heteroatoms. The minimum Gasteiger partial charge on any atom is -0.462 e. The van der Waals surface area contributed by atoms with Crippen LogP contribution in [0.1, 0.15) is 37.3 Å². The molecule has 2 aliphatic carbocycles. The van der Waals surface area contributed by atoms with Crippen molar-refractivity contribution in [3.8, 4) is 11.1 Å². The minimum atomic E-state index is -0.412. The van der Waals surface area contributed by atoms with E-state index in [-0.39, 0.29) is 5.41 Å². The molecule has 1 fully saturated rings. The van der Waals surface area contributed by atoms with Crippen molar-refractivity contribution in [1.82, 2.24) is 9.97 Å². The second kappa shape index (κ2) is 6.27. The number of amidine groups is 1. The maximum absolute atomic E-state index is 6.06. The molecule has 3 aliphatic rings. The Morgan fingerprint density at radius 2 is 2.04 bits per heavy atom. The van der Waals surface area contributed by atoms with Gasteiger partial charge in [0, 0.05) is 30.5 Å². The highest BCUT2D eigenvalue weighted by Gasteiger charge is 2.62. The van der Waals surface area contributed by atoms with Gasteiger partial charge < -0.3 is 15.2 Å². The molecule has 2 spiro atoms. The molecule has 4 atom stereocenters. The lowest BCUT2D eigenvalue weighted by atomic mass is 9.59. The summed E-state index contributed by atoms with van der Waals surface area (Å²) in [4.78, 5) is 13.3. The molecule has 0 bridgehead atoms. The van der Waals surface area contributed by atoms with Crippen LogP contribution in [0.15, 0.2) is 41.9 Å². The first kappa shape index (κ1) is 17.6. The summed E-state index contributed by atoms with van der Waals surface area (Å²) >= 11 is 0. The van der Waals surface area contributed by atoms with Crippen LogP contribution in [0.2, 0.25) is 0 Å². The third kappa shape index (κ3) is 2.40. The van der Waals surface area contributed by atoms with Crippen molar-refractivity contribution < 1.29 is 9.47 Å². The number of hydrogen-bond donors (Lipinski definition) is 1. The van der Waals surface area contributed by atoms with Crippen LogP contribution in [0, 0.1) is 11.3 Å². The minimum absolute atomic E-state index is 0.0245. The number of methoxy groups -OCH3 is 1. The van der Waals surface area contributed by atoms with Gasteiger partial charge in [-0.05, 0) is 54.4 Å². The molecule has 1 aromatic heterocycles. The van der Waals surface area contributed by atoms with Crippen molar-refractivity contribution in [3.05, 3.63) is 48.0 Å². The molecule has 2 aromatic rings. The molecule has 1 aromatic carbocycles. The Balaban J connectivity index is 1.62. The van der Waals surface area contributed by atoms with E-state index in [1.807, 2.05) is 19.5 Å². The van der Waals surface area contributed by atoms with Crippen LogP contribution in [0.25, 0.3) is 11.1 Å². The van der Waals surface area contributed by atoms with Crippen LogP contribution in [-0.4, -0.2) is 35.8 Å². The van der Waals surface area contributed by atoms with Crippen LogP contribution >= 0.6 is 0 Å². The largest absolute Gasteiger partial charge is 0.462 e. The summed E-state index contributed by atoms with van der Waals surface area (Å²) in [5.41, 5.74) is 10.4. The molecule has 2 N–H and O–H groups in total. The summed E-state index contributed by atoms with van der Waals surface area (Å²) < 4.78 is 11.5. The Morgan fingerprint density at radius 1 is 1.21 bits per heavy atom. The number of aromatic nitrogens is 2. The van der Waals surface area contributed by atoms with Crippen LogP contribution in [-0.2, 0) is 21.4 Å². The Bertz CT molecular complexity index is 931. The SMILES string of the molecule is CO[C@H]1CC[C@@]2(Cc3ccc(-c4cncnc4)cc3[C@@]23COC(N)=N3)C[C@@H]1C. The van der Waals surface area contributed by atoms with E-state index in [9.17, 15) is 0 Å². The first-order valence-corrected chi connectivity index (χ1v) is 9.97. The Morgan fingerprint density at radius 3 is 2.71 bits per heavy atom. The average Bonchev–Trinajstić information content (AvgIpc) is 3.22. The normalized spacial score (nSPS) is 33.7.